The molecule has 2 aromatic rings. The Morgan fingerprint density at radius 2 is 1.28 bits per heavy atom. The zero-order valence-corrected chi connectivity index (χ0v) is 15.6. The molecule has 0 amide bonds. The molecule has 4 heteroatoms. The van der Waals surface area contributed by atoms with Crippen LogP contribution in [0.15, 0.2) is 36.4 Å². The van der Waals surface area contributed by atoms with Gasteiger partial charge >= 0.3 is 0 Å². The molecule has 0 aliphatic heterocycles. The van der Waals surface area contributed by atoms with Crippen molar-refractivity contribution in [3.05, 3.63) is 36.4 Å². The van der Waals surface area contributed by atoms with E-state index in [2.05, 4.69) is 6.92 Å². The molecule has 0 radical (unpaired) electrons. The molecule has 2 aromatic carbocycles. The third-order valence-electron chi connectivity index (χ3n) is 3.59. The van der Waals surface area contributed by atoms with Gasteiger partial charge in [-0.15, -0.1) is 0 Å². The quantitative estimate of drug-likeness (QED) is 0.583. The topological polar surface area (TPSA) is 36.9 Å². The number of hydrogen-bond donors (Lipinski definition) is 0. The van der Waals surface area contributed by atoms with Crippen LogP contribution in [0, 0.1) is 0 Å². The van der Waals surface area contributed by atoms with Crippen LogP contribution in [0.3, 0.4) is 0 Å². The van der Waals surface area contributed by atoms with Gasteiger partial charge in [-0.05, 0) is 45.4 Å². The molecule has 4 nitrogen and oxygen atoms in total. The number of benzene rings is 2. The Bertz CT molecular complexity index is 667. The summed E-state index contributed by atoms with van der Waals surface area (Å²) in [4.78, 5) is 0. The smallest absolute Gasteiger partial charge is 0.204 e. The molecule has 0 saturated carbocycles. The van der Waals surface area contributed by atoms with E-state index >= 15 is 0 Å². The van der Waals surface area contributed by atoms with Crippen molar-refractivity contribution < 1.29 is 18.9 Å². The summed E-state index contributed by atoms with van der Waals surface area (Å²) in [6, 6.07) is 11.9. The van der Waals surface area contributed by atoms with Gasteiger partial charge in [0.05, 0.1) is 26.4 Å². The van der Waals surface area contributed by atoms with E-state index in [9.17, 15) is 0 Å². The van der Waals surface area contributed by atoms with E-state index in [1.54, 1.807) is 0 Å². The minimum absolute atomic E-state index is 0.539. The largest absolute Gasteiger partial charge is 0.493 e. The molecule has 0 N–H and O–H groups in total. The van der Waals surface area contributed by atoms with Crippen LogP contribution in [-0.4, -0.2) is 26.4 Å². The predicted octanol–water partition coefficient (Wildman–Crippen LogP) is 5.34. The minimum atomic E-state index is 0.539. The molecule has 136 valence electrons. The third-order valence-corrected chi connectivity index (χ3v) is 3.59. The van der Waals surface area contributed by atoms with Gasteiger partial charge in [-0.25, -0.2) is 0 Å². The van der Waals surface area contributed by atoms with Crippen LogP contribution in [0.1, 0.15) is 34.1 Å². The number of rotatable bonds is 10. The van der Waals surface area contributed by atoms with Crippen LogP contribution in [0.5, 0.6) is 23.0 Å². The predicted molar refractivity (Wildman–Crippen MR) is 101 cm³/mol. The van der Waals surface area contributed by atoms with Crippen molar-refractivity contribution in [1.29, 1.82) is 0 Å². The van der Waals surface area contributed by atoms with E-state index in [0.29, 0.717) is 43.7 Å². The Morgan fingerprint density at radius 1 is 0.600 bits per heavy atom. The van der Waals surface area contributed by atoms with Gasteiger partial charge in [-0.3, -0.25) is 0 Å². The molecule has 0 heterocycles. The van der Waals surface area contributed by atoms with Crippen LogP contribution in [0.2, 0.25) is 0 Å². The third kappa shape index (κ3) is 4.59. The normalized spacial score (nSPS) is 10.4. The molecule has 0 unspecified atom stereocenters. The lowest BCUT2D eigenvalue weighted by Gasteiger charge is -2.20. The first-order valence-electron chi connectivity index (χ1n) is 9.04. The molecule has 0 aliphatic rings. The lowest BCUT2D eigenvalue weighted by atomic mass is 10.0. The van der Waals surface area contributed by atoms with Crippen LogP contribution >= 0.6 is 0 Å². The Morgan fingerprint density at radius 3 is 1.96 bits per heavy atom. The van der Waals surface area contributed by atoms with Gasteiger partial charge in [0, 0.05) is 11.1 Å². The van der Waals surface area contributed by atoms with Crippen LogP contribution in [-0.2, 0) is 0 Å². The summed E-state index contributed by atoms with van der Waals surface area (Å²) in [6.07, 6.45) is 0.958. The second kappa shape index (κ2) is 9.82. The van der Waals surface area contributed by atoms with Crippen LogP contribution < -0.4 is 18.9 Å². The van der Waals surface area contributed by atoms with Gasteiger partial charge in [0.25, 0.3) is 0 Å². The van der Waals surface area contributed by atoms with Crippen molar-refractivity contribution in [2.24, 2.45) is 0 Å². The zero-order valence-electron chi connectivity index (χ0n) is 15.6. The molecular formula is C21H28O4. The van der Waals surface area contributed by atoms with Gasteiger partial charge in [-0.1, -0.05) is 25.1 Å². The fourth-order valence-corrected chi connectivity index (χ4v) is 2.62. The van der Waals surface area contributed by atoms with Crippen LogP contribution in [0.4, 0.5) is 0 Å². The fourth-order valence-electron chi connectivity index (χ4n) is 2.62. The first kappa shape index (κ1) is 19.0. The van der Waals surface area contributed by atoms with E-state index in [1.165, 1.54) is 0 Å². The molecule has 25 heavy (non-hydrogen) atoms. The van der Waals surface area contributed by atoms with E-state index in [0.717, 1.165) is 23.3 Å². The maximum Gasteiger partial charge on any atom is 0.204 e. The number of para-hydroxylation sites is 1. The van der Waals surface area contributed by atoms with Crippen molar-refractivity contribution in [2.75, 3.05) is 26.4 Å². The van der Waals surface area contributed by atoms with E-state index < -0.39 is 0 Å². The Labute approximate surface area is 150 Å². The van der Waals surface area contributed by atoms with E-state index in [4.69, 9.17) is 18.9 Å². The van der Waals surface area contributed by atoms with Gasteiger partial charge in [0.15, 0.2) is 11.5 Å². The number of hydrogen-bond acceptors (Lipinski definition) is 4. The second-order valence-corrected chi connectivity index (χ2v) is 5.41. The highest BCUT2D eigenvalue weighted by atomic mass is 16.5. The molecular weight excluding hydrogens is 316 g/mol. The van der Waals surface area contributed by atoms with Gasteiger partial charge in [0.1, 0.15) is 5.75 Å². The van der Waals surface area contributed by atoms with Crippen LogP contribution in [0.25, 0.3) is 11.1 Å². The molecule has 2 rings (SSSR count). The summed E-state index contributed by atoms with van der Waals surface area (Å²) >= 11 is 0. The monoisotopic (exact) mass is 344 g/mol. The number of ether oxygens (including phenoxy) is 4. The average Bonchev–Trinajstić information content (AvgIpc) is 2.63. The van der Waals surface area contributed by atoms with Gasteiger partial charge in [-0.2, -0.15) is 0 Å². The maximum absolute atomic E-state index is 5.96. The summed E-state index contributed by atoms with van der Waals surface area (Å²) in [5.41, 5.74) is 1.93. The highest BCUT2D eigenvalue weighted by Crippen LogP contribution is 2.47. The van der Waals surface area contributed by atoms with Crippen molar-refractivity contribution in [2.45, 2.75) is 34.1 Å². The molecule has 0 spiro atoms. The molecule has 0 saturated heterocycles. The molecule has 0 aliphatic carbocycles. The lowest BCUT2D eigenvalue weighted by Crippen LogP contribution is -2.04. The van der Waals surface area contributed by atoms with Crippen molar-refractivity contribution >= 4 is 0 Å². The standard InChI is InChI=1S/C21H28O4/c1-5-15-25-18-12-10-9-11-16(18)17-13-14-19(22-6-2)21(24-8-4)20(17)23-7-3/h9-14H,5-8,15H2,1-4H3. The van der Waals surface area contributed by atoms with Gasteiger partial charge in [0.2, 0.25) is 5.75 Å². The highest BCUT2D eigenvalue weighted by Gasteiger charge is 2.20. The average molecular weight is 344 g/mol. The summed E-state index contributed by atoms with van der Waals surface area (Å²) in [5, 5.41) is 0. The maximum atomic E-state index is 5.96. The van der Waals surface area contributed by atoms with Crippen molar-refractivity contribution in [3.63, 3.8) is 0 Å². The lowest BCUT2D eigenvalue weighted by molar-refractivity contribution is 0.261. The zero-order chi connectivity index (χ0) is 18.1. The Kier molecular flexibility index (Phi) is 7.45. The second-order valence-electron chi connectivity index (χ2n) is 5.41. The highest BCUT2D eigenvalue weighted by molar-refractivity contribution is 5.80. The SMILES string of the molecule is CCCOc1ccccc1-c1ccc(OCC)c(OCC)c1OCC. The van der Waals surface area contributed by atoms with Gasteiger partial charge < -0.3 is 18.9 Å². The van der Waals surface area contributed by atoms with Crippen molar-refractivity contribution in [3.8, 4) is 34.1 Å². The summed E-state index contributed by atoms with van der Waals surface area (Å²) in [6.45, 7) is 10.3. The molecule has 0 atom stereocenters. The Hall–Kier alpha value is -2.36. The summed E-state index contributed by atoms with van der Waals surface area (Å²) in [5.74, 6) is 2.89. The fraction of sp³-hybridized carbons (Fsp3) is 0.429. The van der Waals surface area contributed by atoms with E-state index in [-0.39, 0.29) is 0 Å². The molecule has 0 aromatic heterocycles. The molecule has 0 fully saturated rings. The first-order chi connectivity index (χ1) is 12.3. The van der Waals surface area contributed by atoms with Crippen molar-refractivity contribution in [1.82, 2.24) is 0 Å². The van der Waals surface area contributed by atoms with E-state index in [1.807, 2.05) is 57.2 Å². The first-order valence-corrected chi connectivity index (χ1v) is 9.04. The summed E-state index contributed by atoms with van der Waals surface area (Å²) < 4.78 is 23.5. The Balaban J connectivity index is 2.59. The molecule has 0 bridgehead atoms. The summed E-state index contributed by atoms with van der Waals surface area (Å²) in [7, 11) is 0. The minimum Gasteiger partial charge on any atom is -0.493 e.